The monoisotopic (exact) mass is 208 g/mol. The van der Waals surface area contributed by atoms with E-state index in [1.165, 1.54) is 0 Å². The summed E-state index contributed by atoms with van der Waals surface area (Å²) < 4.78 is 0. The zero-order valence-electron chi connectivity index (χ0n) is 8.38. The minimum absolute atomic E-state index is 0.0817. The van der Waals surface area contributed by atoms with Crippen LogP contribution in [0.4, 0.5) is 0 Å². The molecule has 14 heavy (non-hydrogen) atoms. The normalized spacial score (nSPS) is 10.8. The lowest BCUT2D eigenvalue weighted by atomic mass is 10.1. The molecule has 0 saturated heterocycles. The summed E-state index contributed by atoms with van der Waals surface area (Å²) in [4.78, 5) is 11.3. The van der Waals surface area contributed by atoms with Gasteiger partial charge in [0, 0.05) is 11.4 Å². The van der Waals surface area contributed by atoms with Crippen molar-refractivity contribution in [1.29, 1.82) is 0 Å². The minimum atomic E-state index is 0.0817. The van der Waals surface area contributed by atoms with Crippen LogP contribution in [0, 0.1) is 6.92 Å². The summed E-state index contributed by atoms with van der Waals surface area (Å²) in [7, 11) is 0. The Balaban J connectivity index is 2.82. The van der Waals surface area contributed by atoms with Crippen LogP contribution < -0.4 is 0 Å². The summed E-state index contributed by atoms with van der Waals surface area (Å²) in [5.41, 5.74) is 2.00. The van der Waals surface area contributed by atoms with Crippen LogP contribution in [-0.2, 0) is 11.2 Å². The molecular formula is C12H13ClO. The SMILES string of the molecule is C/C=C/C(=O)Cc1ccc(C)cc1Cl. The standard InChI is InChI=1S/C12H13ClO/c1-3-4-11(14)8-10-6-5-9(2)7-12(10)13/h3-7H,8H2,1-2H3/b4-3+. The molecular weight excluding hydrogens is 196 g/mol. The summed E-state index contributed by atoms with van der Waals surface area (Å²) in [6.07, 6.45) is 3.68. The Hall–Kier alpha value is -1.08. The molecule has 0 atom stereocenters. The van der Waals surface area contributed by atoms with Crippen molar-refractivity contribution in [2.45, 2.75) is 20.3 Å². The highest BCUT2D eigenvalue weighted by Gasteiger charge is 2.04. The first-order valence-electron chi connectivity index (χ1n) is 4.54. The number of ketones is 1. The highest BCUT2D eigenvalue weighted by Crippen LogP contribution is 2.18. The predicted molar refractivity (Wildman–Crippen MR) is 59.7 cm³/mol. The van der Waals surface area contributed by atoms with E-state index < -0.39 is 0 Å². The largest absolute Gasteiger partial charge is 0.294 e. The fourth-order valence-corrected chi connectivity index (χ4v) is 1.53. The molecule has 1 rings (SSSR count). The van der Waals surface area contributed by atoms with Gasteiger partial charge in [-0.15, -0.1) is 0 Å². The minimum Gasteiger partial charge on any atom is -0.294 e. The van der Waals surface area contributed by atoms with Crippen LogP contribution in [0.2, 0.25) is 5.02 Å². The van der Waals surface area contributed by atoms with Gasteiger partial charge in [0.2, 0.25) is 0 Å². The summed E-state index contributed by atoms with van der Waals surface area (Å²) in [6, 6.07) is 5.74. The average molecular weight is 209 g/mol. The molecule has 0 N–H and O–H groups in total. The van der Waals surface area contributed by atoms with Gasteiger partial charge in [-0.2, -0.15) is 0 Å². The lowest BCUT2D eigenvalue weighted by Gasteiger charge is -2.02. The Bertz CT molecular complexity index is 367. The van der Waals surface area contributed by atoms with Gasteiger partial charge in [0.05, 0.1) is 0 Å². The van der Waals surface area contributed by atoms with Crippen LogP contribution in [0.3, 0.4) is 0 Å². The number of carbonyl (C=O) groups excluding carboxylic acids is 1. The zero-order chi connectivity index (χ0) is 10.6. The van der Waals surface area contributed by atoms with Gasteiger partial charge in [0.1, 0.15) is 0 Å². The first-order valence-corrected chi connectivity index (χ1v) is 4.92. The summed E-state index contributed by atoms with van der Waals surface area (Å²) in [6.45, 7) is 3.80. The van der Waals surface area contributed by atoms with Crippen molar-refractivity contribution >= 4 is 17.4 Å². The van der Waals surface area contributed by atoms with Crippen LogP contribution in [0.5, 0.6) is 0 Å². The Kier molecular flexibility index (Phi) is 3.90. The van der Waals surface area contributed by atoms with Crippen molar-refractivity contribution in [2.75, 3.05) is 0 Å². The number of halogens is 1. The van der Waals surface area contributed by atoms with E-state index in [4.69, 9.17) is 11.6 Å². The summed E-state index contributed by atoms with van der Waals surface area (Å²) >= 11 is 6.00. The van der Waals surface area contributed by atoms with Crippen LogP contribution in [0.25, 0.3) is 0 Å². The Morgan fingerprint density at radius 2 is 2.21 bits per heavy atom. The lowest BCUT2D eigenvalue weighted by Crippen LogP contribution is -1.99. The molecule has 0 aliphatic heterocycles. The molecule has 0 aliphatic carbocycles. The van der Waals surface area contributed by atoms with Crippen LogP contribution in [-0.4, -0.2) is 5.78 Å². The second kappa shape index (κ2) is 4.97. The third-order valence-electron chi connectivity index (χ3n) is 1.93. The maximum atomic E-state index is 11.3. The smallest absolute Gasteiger partial charge is 0.159 e. The zero-order valence-corrected chi connectivity index (χ0v) is 9.14. The molecule has 0 aromatic heterocycles. The van der Waals surface area contributed by atoms with Gasteiger partial charge >= 0.3 is 0 Å². The van der Waals surface area contributed by atoms with E-state index in [0.717, 1.165) is 11.1 Å². The van der Waals surface area contributed by atoms with Crippen molar-refractivity contribution < 1.29 is 4.79 Å². The van der Waals surface area contributed by atoms with E-state index in [-0.39, 0.29) is 5.78 Å². The van der Waals surface area contributed by atoms with E-state index in [9.17, 15) is 4.79 Å². The predicted octanol–water partition coefficient (Wildman–Crippen LogP) is 3.34. The molecule has 0 spiro atoms. The molecule has 0 amide bonds. The molecule has 2 heteroatoms. The fraction of sp³-hybridized carbons (Fsp3) is 0.250. The number of benzene rings is 1. The molecule has 0 heterocycles. The third-order valence-corrected chi connectivity index (χ3v) is 2.28. The Morgan fingerprint density at radius 3 is 2.79 bits per heavy atom. The molecule has 74 valence electrons. The summed E-state index contributed by atoms with van der Waals surface area (Å²) in [5.74, 6) is 0.0817. The maximum Gasteiger partial charge on any atom is 0.159 e. The van der Waals surface area contributed by atoms with Gasteiger partial charge in [0.25, 0.3) is 0 Å². The number of carbonyl (C=O) groups is 1. The van der Waals surface area contributed by atoms with Gasteiger partial charge in [-0.05, 0) is 37.1 Å². The molecule has 1 aromatic rings. The maximum absolute atomic E-state index is 11.3. The number of hydrogen-bond donors (Lipinski definition) is 0. The number of allylic oxidation sites excluding steroid dienone is 2. The van der Waals surface area contributed by atoms with Crippen molar-refractivity contribution in [3.05, 3.63) is 46.5 Å². The van der Waals surface area contributed by atoms with Crippen molar-refractivity contribution in [3.63, 3.8) is 0 Å². The molecule has 0 saturated carbocycles. The van der Waals surface area contributed by atoms with E-state index in [1.807, 2.05) is 32.0 Å². The highest BCUT2D eigenvalue weighted by atomic mass is 35.5. The highest BCUT2D eigenvalue weighted by molar-refractivity contribution is 6.31. The lowest BCUT2D eigenvalue weighted by molar-refractivity contribution is -0.114. The Morgan fingerprint density at radius 1 is 1.50 bits per heavy atom. The van der Waals surface area contributed by atoms with E-state index in [1.54, 1.807) is 12.2 Å². The van der Waals surface area contributed by atoms with Crippen molar-refractivity contribution in [3.8, 4) is 0 Å². The third kappa shape index (κ3) is 3.00. The molecule has 0 fully saturated rings. The van der Waals surface area contributed by atoms with Crippen molar-refractivity contribution in [1.82, 2.24) is 0 Å². The van der Waals surface area contributed by atoms with Gasteiger partial charge in [-0.25, -0.2) is 0 Å². The van der Waals surface area contributed by atoms with Crippen LogP contribution in [0.15, 0.2) is 30.4 Å². The molecule has 1 aromatic carbocycles. The quantitative estimate of drug-likeness (QED) is 0.697. The van der Waals surface area contributed by atoms with Gasteiger partial charge in [0.15, 0.2) is 5.78 Å². The molecule has 0 unspecified atom stereocenters. The van der Waals surface area contributed by atoms with Crippen molar-refractivity contribution in [2.24, 2.45) is 0 Å². The van der Waals surface area contributed by atoms with Crippen LogP contribution in [0.1, 0.15) is 18.1 Å². The first kappa shape index (κ1) is 11.0. The van der Waals surface area contributed by atoms with E-state index in [2.05, 4.69) is 0 Å². The van der Waals surface area contributed by atoms with E-state index >= 15 is 0 Å². The number of aryl methyl sites for hydroxylation is 1. The number of hydrogen-bond acceptors (Lipinski definition) is 1. The second-order valence-electron chi connectivity index (χ2n) is 3.24. The Labute approximate surface area is 89.4 Å². The molecule has 0 radical (unpaired) electrons. The first-order chi connectivity index (χ1) is 6.63. The molecule has 0 bridgehead atoms. The van der Waals surface area contributed by atoms with Gasteiger partial charge in [-0.3, -0.25) is 4.79 Å². The summed E-state index contributed by atoms with van der Waals surface area (Å²) in [5, 5.41) is 0.669. The van der Waals surface area contributed by atoms with E-state index in [0.29, 0.717) is 11.4 Å². The average Bonchev–Trinajstić information content (AvgIpc) is 2.10. The van der Waals surface area contributed by atoms with Crippen LogP contribution >= 0.6 is 11.6 Å². The molecule has 1 nitrogen and oxygen atoms in total. The second-order valence-corrected chi connectivity index (χ2v) is 3.65. The molecule has 0 aliphatic rings. The number of rotatable bonds is 3. The topological polar surface area (TPSA) is 17.1 Å². The fourth-order valence-electron chi connectivity index (χ4n) is 1.23. The van der Waals surface area contributed by atoms with Gasteiger partial charge < -0.3 is 0 Å². The van der Waals surface area contributed by atoms with Gasteiger partial charge in [-0.1, -0.05) is 29.8 Å².